The number of nitrogens with two attached hydrogens (primary N) is 1. The van der Waals surface area contributed by atoms with Crippen molar-refractivity contribution in [3.63, 3.8) is 0 Å². The SMILES string of the molecule is CCC(N)Cc1ccc(SCC2CCCO2)cc1. The Bertz CT molecular complexity index is 346. The van der Waals surface area contributed by atoms with Gasteiger partial charge in [0.2, 0.25) is 0 Å². The quantitative estimate of drug-likeness (QED) is 0.802. The fraction of sp³-hybridized carbons (Fsp3) is 0.600. The maximum atomic E-state index is 5.96. The predicted octanol–water partition coefficient (Wildman–Crippen LogP) is 3.24. The summed E-state index contributed by atoms with van der Waals surface area (Å²) in [6, 6.07) is 9.10. The summed E-state index contributed by atoms with van der Waals surface area (Å²) in [5.74, 6) is 1.08. The standard InChI is InChI=1S/C15H23NOS/c1-2-13(16)10-12-5-7-15(8-6-12)18-11-14-4-3-9-17-14/h5-8,13-14H,2-4,9-11,16H2,1H3. The lowest BCUT2D eigenvalue weighted by Crippen LogP contribution is -2.21. The van der Waals surface area contributed by atoms with E-state index in [2.05, 4.69) is 31.2 Å². The number of hydrogen-bond acceptors (Lipinski definition) is 3. The molecule has 0 amide bonds. The Balaban J connectivity index is 1.79. The highest BCUT2D eigenvalue weighted by Crippen LogP contribution is 2.24. The molecule has 1 heterocycles. The Labute approximate surface area is 114 Å². The van der Waals surface area contributed by atoms with Gasteiger partial charge >= 0.3 is 0 Å². The summed E-state index contributed by atoms with van der Waals surface area (Å²) < 4.78 is 5.63. The zero-order valence-corrected chi connectivity index (χ0v) is 11.9. The molecule has 2 N–H and O–H groups in total. The molecule has 0 spiro atoms. The molecule has 2 atom stereocenters. The second-order valence-electron chi connectivity index (χ2n) is 4.96. The summed E-state index contributed by atoms with van der Waals surface area (Å²) in [6.45, 7) is 3.08. The Kier molecular flexibility index (Phi) is 5.54. The van der Waals surface area contributed by atoms with Crippen LogP contribution in [0.15, 0.2) is 29.2 Å². The third kappa shape index (κ3) is 4.30. The minimum atomic E-state index is 0.287. The minimum absolute atomic E-state index is 0.287. The molecule has 100 valence electrons. The molecule has 1 saturated heterocycles. The van der Waals surface area contributed by atoms with Crippen LogP contribution in [0.5, 0.6) is 0 Å². The highest BCUT2D eigenvalue weighted by Gasteiger charge is 2.15. The summed E-state index contributed by atoms with van der Waals surface area (Å²) in [5, 5.41) is 0. The first kappa shape index (κ1) is 13.9. The van der Waals surface area contributed by atoms with E-state index >= 15 is 0 Å². The minimum Gasteiger partial charge on any atom is -0.377 e. The topological polar surface area (TPSA) is 35.2 Å². The monoisotopic (exact) mass is 265 g/mol. The lowest BCUT2D eigenvalue weighted by molar-refractivity contribution is 0.129. The molecular weight excluding hydrogens is 242 g/mol. The van der Waals surface area contributed by atoms with Crippen molar-refractivity contribution in [1.29, 1.82) is 0 Å². The van der Waals surface area contributed by atoms with Crippen molar-refractivity contribution in [3.05, 3.63) is 29.8 Å². The smallest absolute Gasteiger partial charge is 0.0669 e. The van der Waals surface area contributed by atoms with Gasteiger partial charge in [-0.05, 0) is 43.4 Å². The van der Waals surface area contributed by atoms with Crippen molar-refractivity contribution in [1.82, 2.24) is 0 Å². The molecule has 0 bridgehead atoms. The molecule has 3 heteroatoms. The van der Waals surface area contributed by atoms with Crippen LogP contribution in [-0.4, -0.2) is 24.5 Å². The summed E-state index contributed by atoms with van der Waals surface area (Å²) in [5.41, 5.74) is 7.30. The van der Waals surface area contributed by atoms with Gasteiger partial charge in [0.1, 0.15) is 0 Å². The van der Waals surface area contributed by atoms with Gasteiger partial charge in [-0.2, -0.15) is 0 Å². The second-order valence-corrected chi connectivity index (χ2v) is 6.06. The first-order valence-electron chi connectivity index (χ1n) is 6.87. The Morgan fingerprint density at radius 2 is 2.17 bits per heavy atom. The van der Waals surface area contributed by atoms with Gasteiger partial charge in [0.05, 0.1) is 6.10 Å². The van der Waals surface area contributed by atoms with Gasteiger partial charge in [0.25, 0.3) is 0 Å². The van der Waals surface area contributed by atoms with E-state index in [1.165, 1.54) is 23.3 Å². The molecular formula is C15H23NOS. The average Bonchev–Trinajstić information content (AvgIpc) is 2.91. The molecule has 0 aromatic heterocycles. The van der Waals surface area contributed by atoms with Crippen molar-refractivity contribution < 1.29 is 4.74 Å². The van der Waals surface area contributed by atoms with Crippen LogP contribution in [0.25, 0.3) is 0 Å². The molecule has 1 aromatic carbocycles. The zero-order valence-electron chi connectivity index (χ0n) is 11.1. The van der Waals surface area contributed by atoms with E-state index in [9.17, 15) is 0 Å². The summed E-state index contributed by atoms with van der Waals surface area (Å²) >= 11 is 1.89. The zero-order chi connectivity index (χ0) is 12.8. The Hall–Kier alpha value is -0.510. The third-order valence-electron chi connectivity index (χ3n) is 3.41. The van der Waals surface area contributed by atoms with E-state index < -0.39 is 0 Å². The van der Waals surface area contributed by atoms with Crippen LogP contribution in [0.1, 0.15) is 31.7 Å². The van der Waals surface area contributed by atoms with E-state index in [0.717, 1.165) is 25.2 Å². The Morgan fingerprint density at radius 3 is 2.78 bits per heavy atom. The first-order chi connectivity index (χ1) is 8.78. The molecule has 2 rings (SSSR count). The lowest BCUT2D eigenvalue weighted by Gasteiger charge is -2.10. The average molecular weight is 265 g/mol. The van der Waals surface area contributed by atoms with E-state index in [4.69, 9.17) is 10.5 Å². The van der Waals surface area contributed by atoms with Crippen molar-refractivity contribution >= 4 is 11.8 Å². The summed E-state index contributed by atoms with van der Waals surface area (Å²) in [4.78, 5) is 1.33. The van der Waals surface area contributed by atoms with Crippen LogP contribution >= 0.6 is 11.8 Å². The third-order valence-corrected chi connectivity index (χ3v) is 4.55. The summed E-state index contributed by atoms with van der Waals surface area (Å²) in [7, 11) is 0. The molecule has 0 saturated carbocycles. The fourth-order valence-corrected chi connectivity index (χ4v) is 3.10. The molecule has 0 aliphatic carbocycles. The van der Waals surface area contributed by atoms with Gasteiger partial charge in [-0.1, -0.05) is 19.1 Å². The number of rotatable bonds is 6. The fourth-order valence-electron chi connectivity index (χ4n) is 2.13. The van der Waals surface area contributed by atoms with Gasteiger partial charge < -0.3 is 10.5 Å². The van der Waals surface area contributed by atoms with Crippen LogP contribution < -0.4 is 5.73 Å². The number of ether oxygens (including phenoxy) is 1. The van der Waals surface area contributed by atoms with Crippen molar-refractivity contribution in [3.8, 4) is 0 Å². The first-order valence-corrected chi connectivity index (χ1v) is 7.85. The molecule has 1 fully saturated rings. The highest BCUT2D eigenvalue weighted by molar-refractivity contribution is 7.99. The molecule has 18 heavy (non-hydrogen) atoms. The number of benzene rings is 1. The van der Waals surface area contributed by atoms with Crippen LogP contribution in [0.2, 0.25) is 0 Å². The van der Waals surface area contributed by atoms with E-state index in [0.29, 0.717) is 6.10 Å². The molecule has 0 radical (unpaired) electrons. The van der Waals surface area contributed by atoms with E-state index in [1.54, 1.807) is 0 Å². The van der Waals surface area contributed by atoms with Gasteiger partial charge in [-0.15, -0.1) is 11.8 Å². The number of hydrogen-bond donors (Lipinski definition) is 1. The van der Waals surface area contributed by atoms with Crippen molar-refractivity contribution in [2.24, 2.45) is 5.73 Å². The summed E-state index contributed by atoms with van der Waals surface area (Å²) in [6.07, 6.45) is 4.92. The van der Waals surface area contributed by atoms with Gasteiger partial charge in [0, 0.05) is 23.3 Å². The van der Waals surface area contributed by atoms with Gasteiger partial charge in [-0.3, -0.25) is 0 Å². The molecule has 1 aromatic rings. The molecule has 2 nitrogen and oxygen atoms in total. The van der Waals surface area contributed by atoms with Gasteiger partial charge in [-0.25, -0.2) is 0 Å². The normalized spacial score (nSPS) is 21.1. The maximum Gasteiger partial charge on any atom is 0.0669 e. The van der Waals surface area contributed by atoms with Gasteiger partial charge in [0.15, 0.2) is 0 Å². The van der Waals surface area contributed by atoms with Crippen LogP contribution in [0.4, 0.5) is 0 Å². The van der Waals surface area contributed by atoms with Crippen LogP contribution in [0, 0.1) is 0 Å². The van der Waals surface area contributed by atoms with E-state index in [-0.39, 0.29) is 6.04 Å². The van der Waals surface area contributed by atoms with Crippen molar-refractivity contribution in [2.75, 3.05) is 12.4 Å². The maximum absolute atomic E-state index is 5.96. The van der Waals surface area contributed by atoms with Crippen LogP contribution in [-0.2, 0) is 11.2 Å². The van der Waals surface area contributed by atoms with E-state index in [1.807, 2.05) is 11.8 Å². The lowest BCUT2D eigenvalue weighted by atomic mass is 10.1. The molecule has 1 aliphatic heterocycles. The predicted molar refractivity (Wildman–Crippen MR) is 78.1 cm³/mol. The Morgan fingerprint density at radius 1 is 1.39 bits per heavy atom. The molecule has 1 aliphatic rings. The van der Waals surface area contributed by atoms with Crippen molar-refractivity contribution in [2.45, 2.75) is 49.6 Å². The highest BCUT2D eigenvalue weighted by atomic mass is 32.2. The second kappa shape index (κ2) is 7.17. The number of thioether (sulfide) groups is 1. The van der Waals surface area contributed by atoms with Crippen LogP contribution in [0.3, 0.4) is 0 Å². The molecule has 2 unspecified atom stereocenters. The largest absolute Gasteiger partial charge is 0.377 e.